The maximum absolute atomic E-state index is 6.45. The van der Waals surface area contributed by atoms with Crippen LogP contribution in [0, 0.1) is 0 Å². The van der Waals surface area contributed by atoms with Gasteiger partial charge < -0.3 is 10.5 Å². The molecule has 2 unspecified atom stereocenters. The second-order valence-electron chi connectivity index (χ2n) is 4.99. The third-order valence-electron chi connectivity index (χ3n) is 3.92. The summed E-state index contributed by atoms with van der Waals surface area (Å²) in [5.74, 6) is 0.512. The Labute approximate surface area is 106 Å². The van der Waals surface area contributed by atoms with Crippen molar-refractivity contribution in [2.24, 2.45) is 5.73 Å². The molecule has 2 nitrogen and oxygen atoms in total. The monoisotopic (exact) mass is 249 g/mol. The molecule has 3 heteroatoms. The molecule has 2 aliphatic rings. The first-order valence-corrected chi connectivity index (χ1v) is 7.36. The molecule has 1 aromatic heterocycles. The van der Waals surface area contributed by atoms with Crippen LogP contribution in [0.4, 0.5) is 0 Å². The molecule has 0 amide bonds. The Hall–Kier alpha value is -0.800. The summed E-state index contributed by atoms with van der Waals surface area (Å²) in [6.07, 6.45) is 7.88. The van der Waals surface area contributed by atoms with E-state index in [9.17, 15) is 0 Å². The van der Waals surface area contributed by atoms with Gasteiger partial charge in [-0.05, 0) is 54.7 Å². The normalized spacial score (nSPS) is 25.7. The summed E-state index contributed by atoms with van der Waals surface area (Å²) >= 11 is 1.89. The number of aryl methyl sites for hydroxylation is 1. The Morgan fingerprint density at radius 2 is 2.29 bits per heavy atom. The quantitative estimate of drug-likeness (QED) is 0.873. The number of rotatable bonds is 2. The van der Waals surface area contributed by atoms with Crippen LogP contribution in [0.3, 0.4) is 0 Å². The Balaban J connectivity index is 1.83. The second-order valence-corrected chi connectivity index (χ2v) is 5.99. The van der Waals surface area contributed by atoms with Crippen LogP contribution in [-0.2, 0) is 11.2 Å². The van der Waals surface area contributed by atoms with Crippen LogP contribution >= 0.6 is 11.3 Å². The van der Waals surface area contributed by atoms with Gasteiger partial charge in [0, 0.05) is 16.8 Å². The SMILES string of the molecule is NC(C1=COCCC1)C1CCCc2sccc21. The zero-order chi connectivity index (χ0) is 11.7. The van der Waals surface area contributed by atoms with Gasteiger partial charge in [-0.15, -0.1) is 11.3 Å². The summed E-state index contributed by atoms with van der Waals surface area (Å²) < 4.78 is 5.42. The van der Waals surface area contributed by atoms with Crippen LogP contribution in [-0.4, -0.2) is 12.6 Å². The lowest BCUT2D eigenvalue weighted by atomic mass is 9.79. The van der Waals surface area contributed by atoms with Crippen molar-refractivity contribution in [1.82, 2.24) is 0 Å². The van der Waals surface area contributed by atoms with Crippen LogP contribution in [0.15, 0.2) is 23.3 Å². The average molecular weight is 249 g/mol. The molecule has 1 aliphatic heterocycles. The number of fused-ring (bicyclic) bond motifs is 1. The summed E-state index contributed by atoms with van der Waals surface area (Å²) in [5.41, 5.74) is 9.26. The molecule has 0 aromatic carbocycles. The van der Waals surface area contributed by atoms with Gasteiger partial charge in [0.25, 0.3) is 0 Å². The van der Waals surface area contributed by atoms with E-state index >= 15 is 0 Å². The highest BCUT2D eigenvalue weighted by Crippen LogP contribution is 2.38. The molecule has 2 atom stereocenters. The molecule has 0 fully saturated rings. The summed E-state index contributed by atoms with van der Waals surface area (Å²) in [7, 11) is 0. The fourth-order valence-electron chi connectivity index (χ4n) is 2.98. The molecular formula is C14H19NOS. The van der Waals surface area contributed by atoms with Crippen LogP contribution in [0.1, 0.15) is 42.0 Å². The molecule has 0 saturated heterocycles. The van der Waals surface area contributed by atoms with E-state index in [2.05, 4.69) is 11.4 Å². The first kappa shape index (κ1) is 11.3. The minimum Gasteiger partial charge on any atom is -0.501 e. The molecule has 17 heavy (non-hydrogen) atoms. The van der Waals surface area contributed by atoms with Gasteiger partial charge in [-0.3, -0.25) is 0 Å². The van der Waals surface area contributed by atoms with E-state index in [1.54, 1.807) is 4.88 Å². The fourth-order valence-corrected chi connectivity index (χ4v) is 3.98. The van der Waals surface area contributed by atoms with Gasteiger partial charge in [-0.2, -0.15) is 0 Å². The molecular weight excluding hydrogens is 230 g/mol. The van der Waals surface area contributed by atoms with Crippen molar-refractivity contribution in [2.45, 2.75) is 44.1 Å². The lowest BCUT2D eigenvalue weighted by molar-refractivity contribution is 0.219. The highest BCUT2D eigenvalue weighted by atomic mass is 32.1. The molecule has 1 aromatic rings. The smallest absolute Gasteiger partial charge is 0.0876 e. The van der Waals surface area contributed by atoms with E-state index in [0.29, 0.717) is 5.92 Å². The molecule has 2 N–H and O–H groups in total. The van der Waals surface area contributed by atoms with E-state index in [4.69, 9.17) is 10.5 Å². The van der Waals surface area contributed by atoms with Crippen molar-refractivity contribution in [3.8, 4) is 0 Å². The highest BCUT2D eigenvalue weighted by molar-refractivity contribution is 7.10. The summed E-state index contributed by atoms with van der Waals surface area (Å²) in [6.45, 7) is 0.852. The van der Waals surface area contributed by atoms with Crippen LogP contribution in [0.2, 0.25) is 0 Å². The van der Waals surface area contributed by atoms with Gasteiger partial charge in [-0.25, -0.2) is 0 Å². The fraction of sp³-hybridized carbons (Fsp3) is 0.571. The van der Waals surface area contributed by atoms with Gasteiger partial charge in [0.1, 0.15) is 0 Å². The lowest BCUT2D eigenvalue weighted by Gasteiger charge is -2.30. The standard InChI is InChI=1S/C14H19NOS/c15-14(10-3-2-7-16-9-10)12-4-1-5-13-11(12)6-8-17-13/h6,8-9,12,14H,1-5,7,15H2. The minimum absolute atomic E-state index is 0.156. The average Bonchev–Trinajstić information content (AvgIpc) is 2.87. The lowest BCUT2D eigenvalue weighted by Crippen LogP contribution is -2.33. The third kappa shape index (κ3) is 2.14. The largest absolute Gasteiger partial charge is 0.501 e. The predicted octanol–water partition coefficient (Wildman–Crippen LogP) is 3.19. The Morgan fingerprint density at radius 3 is 3.12 bits per heavy atom. The number of nitrogens with two attached hydrogens (primary N) is 1. The number of thiophene rings is 1. The molecule has 2 heterocycles. The Kier molecular flexibility index (Phi) is 3.21. The van der Waals surface area contributed by atoms with E-state index in [0.717, 1.165) is 19.4 Å². The first-order chi connectivity index (χ1) is 8.36. The van der Waals surface area contributed by atoms with Gasteiger partial charge in [0.2, 0.25) is 0 Å². The summed E-state index contributed by atoms with van der Waals surface area (Å²) in [4.78, 5) is 1.55. The van der Waals surface area contributed by atoms with E-state index in [1.807, 2.05) is 17.6 Å². The summed E-state index contributed by atoms with van der Waals surface area (Å²) in [5, 5.41) is 2.21. The van der Waals surface area contributed by atoms with Crippen LogP contribution in [0.5, 0.6) is 0 Å². The van der Waals surface area contributed by atoms with Gasteiger partial charge in [-0.1, -0.05) is 0 Å². The molecule has 0 radical (unpaired) electrons. The maximum atomic E-state index is 6.45. The van der Waals surface area contributed by atoms with Gasteiger partial charge in [0.15, 0.2) is 0 Å². The molecule has 92 valence electrons. The zero-order valence-corrected chi connectivity index (χ0v) is 10.8. The van der Waals surface area contributed by atoms with Crippen molar-refractivity contribution in [3.63, 3.8) is 0 Å². The van der Waals surface area contributed by atoms with E-state index in [1.165, 1.54) is 30.4 Å². The third-order valence-corrected chi connectivity index (χ3v) is 4.92. The highest BCUT2D eigenvalue weighted by Gasteiger charge is 2.29. The number of ether oxygens (including phenoxy) is 1. The van der Waals surface area contributed by atoms with Crippen molar-refractivity contribution >= 4 is 11.3 Å². The van der Waals surface area contributed by atoms with Crippen molar-refractivity contribution in [2.75, 3.05) is 6.61 Å². The number of hydrogen-bond acceptors (Lipinski definition) is 3. The first-order valence-electron chi connectivity index (χ1n) is 6.48. The molecule has 0 bridgehead atoms. The Morgan fingerprint density at radius 1 is 1.35 bits per heavy atom. The Bertz CT molecular complexity index is 424. The maximum Gasteiger partial charge on any atom is 0.0876 e. The van der Waals surface area contributed by atoms with Crippen molar-refractivity contribution in [3.05, 3.63) is 33.7 Å². The minimum atomic E-state index is 0.156. The van der Waals surface area contributed by atoms with Gasteiger partial charge >= 0.3 is 0 Å². The van der Waals surface area contributed by atoms with Crippen molar-refractivity contribution in [1.29, 1.82) is 0 Å². The molecule has 1 aliphatic carbocycles. The van der Waals surface area contributed by atoms with Crippen LogP contribution < -0.4 is 5.73 Å². The van der Waals surface area contributed by atoms with Crippen LogP contribution in [0.25, 0.3) is 0 Å². The topological polar surface area (TPSA) is 35.2 Å². The molecule has 0 saturated carbocycles. The molecule has 0 spiro atoms. The summed E-state index contributed by atoms with van der Waals surface area (Å²) in [6, 6.07) is 2.43. The van der Waals surface area contributed by atoms with Gasteiger partial charge in [0.05, 0.1) is 12.9 Å². The molecule has 3 rings (SSSR count). The van der Waals surface area contributed by atoms with E-state index in [-0.39, 0.29) is 6.04 Å². The van der Waals surface area contributed by atoms with E-state index < -0.39 is 0 Å². The zero-order valence-electron chi connectivity index (χ0n) is 10.0. The number of hydrogen-bond donors (Lipinski definition) is 1. The van der Waals surface area contributed by atoms with Crippen molar-refractivity contribution < 1.29 is 4.74 Å². The second kappa shape index (κ2) is 4.83. The predicted molar refractivity (Wildman–Crippen MR) is 71.2 cm³/mol.